The van der Waals surface area contributed by atoms with E-state index in [1.165, 1.54) is 96.3 Å². The van der Waals surface area contributed by atoms with E-state index in [0.29, 0.717) is 5.69 Å². The van der Waals surface area contributed by atoms with Gasteiger partial charge in [-0.1, -0.05) is 103 Å². The van der Waals surface area contributed by atoms with Crippen molar-refractivity contribution in [2.75, 3.05) is 6.54 Å². The fourth-order valence-corrected chi connectivity index (χ4v) is 3.62. The van der Waals surface area contributed by atoms with Crippen molar-refractivity contribution >= 4 is 5.91 Å². The summed E-state index contributed by atoms with van der Waals surface area (Å²) in [5, 5.41) is 7.20. The van der Waals surface area contributed by atoms with Gasteiger partial charge in [-0.3, -0.25) is 9.48 Å². The van der Waals surface area contributed by atoms with Crippen molar-refractivity contribution in [3.63, 3.8) is 0 Å². The maximum absolute atomic E-state index is 11.9. The van der Waals surface area contributed by atoms with Crippen LogP contribution in [-0.2, 0) is 6.54 Å². The molecule has 1 N–H and O–H groups in total. The first kappa shape index (κ1) is 24.7. The third-order valence-electron chi connectivity index (χ3n) is 5.51. The molecule has 0 atom stereocenters. The molecule has 0 bridgehead atoms. The largest absolute Gasteiger partial charge is 0.351 e. The van der Waals surface area contributed by atoms with E-state index in [1.807, 2.05) is 13.1 Å². The molecule has 1 heterocycles. The molecule has 0 saturated carbocycles. The zero-order valence-electron chi connectivity index (χ0n) is 18.7. The number of hydrogen-bond donors (Lipinski definition) is 1. The van der Waals surface area contributed by atoms with Crippen LogP contribution in [0.5, 0.6) is 0 Å². The second-order valence-electron chi connectivity index (χ2n) is 8.12. The number of rotatable bonds is 19. The van der Waals surface area contributed by atoms with E-state index in [4.69, 9.17) is 0 Å². The van der Waals surface area contributed by atoms with Crippen LogP contribution in [0.25, 0.3) is 0 Å². The maximum atomic E-state index is 11.9. The van der Waals surface area contributed by atoms with E-state index in [0.717, 1.165) is 19.5 Å². The van der Waals surface area contributed by atoms with Crippen molar-refractivity contribution in [3.05, 3.63) is 18.0 Å². The summed E-state index contributed by atoms with van der Waals surface area (Å²) in [6.07, 6.45) is 23.8. The van der Waals surface area contributed by atoms with Crippen molar-refractivity contribution in [1.82, 2.24) is 15.1 Å². The molecule has 0 aliphatic rings. The molecule has 4 heteroatoms. The minimum Gasteiger partial charge on any atom is -0.351 e. The molecule has 0 aromatic carbocycles. The third kappa shape index (κ3) is 13.0. The highest BCUT2D eigenvalue weighted by molar-refractivity contribution is 5.92. The molecular formula is C24H45N3O. The van der Waals surface area contributed by atoms with Gasteiger partial charge in [0.25, 0.3) is 5.91 Å². The number of amides is 1. The molecular weight excluding hydrogens is 346 g/mol. The van der Waals surface area contributed by atoms with Gasteiger partial charge in [0.1, 0.15) is 5.69 Å². The summed E-state index contributed by atoms with van der Waals surface area (Å²) in [6, 6.07) is 1.78. The van der Waals surface area contributed by atoms with Crippen LogP contribution in [-0.4, -0.2) is 22.2 Å². The summed E-state index contributed by atoms with van der Waals surface area (Å²) in [6.45, 7) is 5.86. The zero-order valence-corrected chi connectivity index (χ0v) is 18.7. The van der Waals surface area contributed by atoms with E-state index >= 15 is 0 Å². The molecule has 1 amide bonds. The Kier molecular flexibility index (Phi) is 15.7. The molecule has 1 aromatic heterocycles. The summed E-state index contributed by atoms with van der Waals surface area (Å²) >= 11 is 0. The minimum atomic E-state index is -0.0480. The Hall–Kier alpha value is -1.32. The van der Waals surface area contributed by atoms with Crippen LogP contribution < -0.4 is 5.32 Å². The number of nitrogens with zero attached hydrogens (tertiary/aromatic N) is 2. The van der Waals surface area contributed by atoms with Gasteiger partial charge in [0.05, 0.1) is 0 Å². The summed E-state index contributed by atoms with van der Waals surface area (Å²) in [5.41, 5.74) is 0.526. The van der Waals surface area contributed by atoms with Crippen LogP contribution in [0.2, 0.25) is 0 Å². The second kappa shape index (κ2) is 17.8. The Balaban J connectivity index is 1.78. The highest BCUT2D eigenvalue weighted by Crippen LogP contribution is 2.13. The molecule has 0 spiro atoms. The molecule has 28 heavy (non-hydrogen) atoms. The zero-order chi connectivity index (χ0) is 20.3. The monoisotopic (exact) mass is 391 g/mol. The first-order chi connectivity index (χ1) is 13.8. The van der Waals surface area contributed by atoms with Crippen molar-refractivity contribution in [2.24, 2.45) is 0 Å². The number of carbonyl (C=O) groups excluding carboxylic acids is 1. The molecule has 162 valence electrons. The molecule has 0 saturated heterocycles. The number of aromatic nitrogens is 2. The third-order valence-corrected chi connectivity index (χ3v) is 5.51. The molecule has 0 unspecified atom stereocenters. The summed E-state index contributed by atoms with van der Waals surface area (Å²) in [4.78, 5) is 11.9. The first-order valence-corrected chi connectivity index (χ1v) is 12.1. The number of aryl methyl sites for hydroxylation is 1. The van der Waals surface area contributed by atoms with Gasteiger partial charge < -0.3 is 5.32 Å². The van der Waals surface area contributed by atoms with Crippen LogP contribution >= 0.6 is 0 Å². The Morgan fingerprint density at radius 1 is 0.786 bits per heavy atom. The average molecular weight is 392 g/mol. The predicted octanol–water partition coefficient (Wildman–Crippen LogP) is 6.89. The van der Waals surface area contributed by atoms with Gasteiger partial charge in [-0.25, -0.2) is 0 Å². The lowest BCUT2D eigenvalue weighted by atomic mass is 10.0. The molecule has 1 aromatic rings. The predicted molar refractivity (Wildman–Crippen MR) is 120 cm³/mol. The molecule has 0 radical (unpaired) electrons. The summed E-state index contributed by atoms with van der Waals surface area (Å²) in [5.74, 6) is -0.0480. The lowest BCUT2D eigenvalue weighted by molar-refractivity contribution is 0.0947. The standard InChI is InChI=1S/C24H45N3O/c1-3-5-6-7-8-9-10-11-12-13-14-15-16-17-18-19-21-25-24(28)23-20-22-27(4-2)26-23/h20,22H,3-19,21H2,1-2H3,(H,25,28). The molecule has 0 aliphatic heterocycles. The van der Waals surface area contributed by atoms with Gasteiger partial charge in [-0.2, -0.15) is 5.10 Å². The van der Waals surface area contributed by atoms with Crippen molar-refractivity contribution in [2.45, 2.75) is 123 Å². The van der Waals surface area contributed by atoms with E-state index in [2.05, 4.69) is 17.3 Å². The van der Waals surface area contributed by atoms with Gasteiger partial charge in [0.15, 0.2) is 0 Å². The molecule has 4 nitrogen and oxygen atoms in total. The normalized spacial score (nSPS) is 11.1. The number of hydrogen-bond acceptors (Lipinski definition) is 2. The van der Waals surface area contributed by atoms with Gasteiger partial charge >= 0.3 is 0 Å². The molecule has 0 fully saturated rings. The van der Waals surface area contributed by atoms with E-state index in [9.17, 15) is 4.79 Å². The quantitative estimate of drug-likeness (QED) is 0.261. The smallest absolute Gasteiger partial charge is 0.271 e. The van der Waals surface area contributed by atoms with E-state index < -0.39 is 0 Å². The SMILES string of the molecule is CCCCCCCCCCCCCCCCCCNC(=O)c1ccn(CC)n1. The first-order valence-electron chi connectivity index (χ1n) is 12.1. The van der Waals surface area contributed by atoms with E-state index in [-0.39, 0.29) is 5.91 Å². The molecule has 0 aliphatic carbocycles. The van der Waals surface area contributed by atoms with Crippen LogP contribution in [0, 0.1) is 0 Å². The van der Waals surface area contributed by atoms with Gasteiger partial charge in [-0.15, -0.1) is 0 Å². The number of nitrogens with one attached hydrogen (secondary N) is 1. The summed E-state index contributed by atoms with van der Waals surface area (Å²) < 4.78 is 1.78. The average Bonchev–Trinajstić information content (AvgIpc) is 3.19. The Morgan fingerprint density at radius 3 is 1.68 bits per heavy atom. The Bertz CT molecular complexity index is 484. The van der Waals surface area contributed by atoms with Crippen molar-refractivity contribution in [1.29, 1.82) is 0 Å². The molecule has 1 rings (SSSR count). The fourth-order valence-electron chi connectivity index (χ4n) is 3.62. The number of carbonyl (C=O) groups is 1. The summed E-state index contributed by atoms with van der Waals surface area (Å²) in [7, 11) is 0. The highest BCUT2D eigenvalue weighted by Gasteiger charge is 2.07. The number of unbranched alkanes of at least 4 members (excludes halogenated alkanes) is 15. The topological polar surface area (TPSA) is 46.9 Å². The Labute approximate surface area is 173 Å². The van der Waals surface area contributed by atoms with E-state index in [1.54, 1.807) is 10.7 Å². The van der Waals surface area contributed by atoms with Gasteiger partial charge in [0.2, 0.25) is 0 Å². The Morgan fingerprint density at radius 2 is 1.25 bits per heavy atom. The second-order valence-corrected chi connectivity index (χ2v) is 8.12. The van der Waals surface area contributed by atoms with Crippen LogP contribution in [0.1, 0.15) is 127 Å². The van der Waals surface area contributed by atoms with Crippen molar-refractivity contribution in [3.8, 4) is 0 Å². The minimum absolute atomic E-state index is 0.0480. The van der Waals surface area contributed by atoms with Gasteiger partial charge in [-0.05, 0) is 19.4 Å². The highest BCUT2D eigenvalue weighted by atomic mass is 16.1. The van der Waals surface area contributed by atoms with Crippen LogP contribution in [0.3, 0.4) is 0 Å². The lowest BCUT2D eigenvalue weighted by Gasteiger charge is -2.04. The van der Waals surface area contributed by atoms with Crippen molar-refractivity contribution < 1.29 is 4.79 Å². The lowest BCUT2D eigenvalue weighted by Crippen LogP contribution is -2.25. The van der Waals surface area contributed by atoms with Crippen LogP contribution in [0.15, 0.2) is 12.3 Å². The maximum Gasteiger partial charge on any atom is 0.271 e. The fraction of sp³-hybridized carbons (Fsp3) is 0.833. The van der Waals surface area contributed by atoms with Crippen LogP contribution in [0.4, 0.5) is 0 Å². The van der Waals surface area contributed by atoms with Gasteiger partial charge in [0, 0.05) is 19.3 Å².